The van der Waals surface area contributed by atoms with Crippen LogP contribution in [0, 0.1) is 5.92 Å². The highest BCUT2D eigenvalue weighted by atomic mass is 35.5. The van der Waals surface area contributed by atoms with E-state index in [-0.39, 0.29) is 10.6 Å². The summed E-state index contributed by atoms with van der Waals surface area (Å²) in [6.45, 7) is 9.04. The Balaban J connectivity index is 2.21. The second-order valence-electron chi connectivity index (χ2n) is 6.40. The highest BCUT2D eigenvalue weighted by Gasteiger charge is 2.25. The maximum atomic E-state index is 12.2. The van der Waals surface area contributed by atoms with Gasteiger partial charge in [0.15, 0.2) is 0 Å². The number of aromatic nitrogens is 2. The molecule has 118 valence electrons. The van der Waals surface area contributed by atoms with E-state index in [9.17, 15) is 4.79 Å². The highest BCUT2D eigenvalue weighted by molar-refractivity contribution is 6.32. The van der Waals surface area contributed by atoms with Crippen LogP contribution in [-0.4, -0.2) is 26.9 Å². The van der Waals surface area contributed by atoms with Crippen molar-refractivity contribution in [1.82, 2.24) is 14.8 Å². The van der Waals surface area contributed by atoms with Crippen molar-refractivity contribution in [1.29, 1.82) is 0 Å². The SMILES string of the molecule is CC(C)Cn1ncc(NN2C(C)CCCC2C)c(Cl)c1=O. The number of rotatable bonds is 4. The van der Waals surface area contributed by atoms with Gasteiger partial charge in [0, 0.05) is 18.6 Å². The summed E-state index contributed by atoms with van der Waals surface area (Å²) in [5.74, 6) is 0.354. The summed E-state index contributed by atoms with van der Waals surface area (Å²) in [5.41, 5.74) is 3.67. The molecule has 0 spiro atoms. The van der Waals surface area contributed by atoms with Crippen molar-refractivity contribution in [2.24, 2.45) is 5.92 Å². The minimum atomic E-state index is -0.229. The first-order valence-corrected chi connectivity index (χ1v) is 8.08. The number of halogens is 1. The first-order valence-electron chi connectivity index (χ1n) is 7.70. The molecular weight excluding hydrogens is 288 g/mol. The molecule has 0 saturated carbocycles. The molecular formula is C15H25ClN4O. The van der Waals surface area contributed by atoms with E-state index in [0.717, 1.165) is 12.8 Å². The molecule has 1 aliphatic rings. The largest absolute Gasteiger partial charge is 0.315 e. The van der Waals surface area contributed by atoms with Crippen LogP contribution in [0.15, 0.2) is 11.0 Å². The van der Waals surface area contributed by atoms with Gasteiger partial charge in [0.1, 0.15) is 5.02 Å². The fourth-order valence-electron chi connectivity index (χ4n) is 2.80. The number of hydrogen-bond donors (Lipinski definition) is 1. The minimum absolute atomic E-state index is 0.218. The third kappa shape index (κ3) is 3.77. The van der Waals surface area contributed by atoms with Crippen LogP contribution in [0.2, 0.25) is 5.02 Å². The number of nitrogens with one attached hydrogen (secondary N) is 1. The van der Waals surface area contributed by atoms with Crippen LogP contribution in [0.4, 0.5) is 5.69 Å². The normalized spacial score (nSPS) is 23.5. The lowest BCUT2D eigenvalue weighted by atomic mass is 10.00. The summed E-state index contributed by atoms with van der Waals surface area (Å²) >= 11 is 6.23. The summed E-state index contributed by atoms with van der Waals surface area (Å²) in [4.78, 5) is 12.2. The number of hydrazine groups is 1. The summed E-state index contributed by atoms with van der Waals surface area (Å²) in [6, 6.07) is 0.839. The molecule has 2 heterocycles. The highest BCUT2D eigenvalue weighted by Crippen LogP contribution is 2.25. The van der Waals surface area contributed by atoms with Crippen LogP contribution in [0.5, 0.6) is 0 Å². The van der Waals surface area contributed by atoms with Gasteiger partial charge in [-0.2, -0.15) is 5.10 Å². The van der Waals surface area contributed by atoms with Crippen LogP contribution in [-0.2, 0) is 6.54 Å². The van der Waals surface area contributed by atoms with Crippen molar-refractivity contribution in [2.75, 3.05) is 5.43 Å². The first kappa shape index (κ1) is 16.3. The Morgan fingerprint density at radius 1 is 1.38 bits per heavy atom. The number of nitrogens with zero attached hydrogens (tertiary/aromatic N) is 3. The van der Waals surface area contributed by atoms with Crippen LogP contribution in [0.3, 0.4) is 0 Å². The zero-order valence-corrected chi connectivity index (χ0v) is 14.0. The Labute approximate surface area is 131 Å². The summed E-state index contributed by atoms with van der Waals surface area (Å²) in [5, 5.41) is 6.62. The van der Waals surface area contributed by atoms with Gasteiger partial charge in [0.05, 0.1) is 11.9 Å². The third-order valence-electron chi connectivity index (χ3n) is 3.97. The van der Waals surface area contributed by atoms with Gasteiger partial charge in [-0.25, -0.2) is 9.69 Å². The van der Waals surface area contributed by atoms with Crippen LogP contribution in [0.25, 0.3) is 0 Å². The van der Waals surface area contributed by atoms with Crippen molar-refractivity contribution < 1.29 is 0 Å². The van der Waals surface area contributed by atoms with E-state index >= 15 is 0 Å². The van der Waals surface area contributed by atoms with Crippen molar-refractivity contribution in [3.05, 3.63) is 21.6 Å². The van der Waals surface area contributed by atoms with Crippen LogP contribution in [0.1, 0.15) is 47.0 Å². The standard InChI is InChI=1S/C15H25ClN4O/c1-10(2)9-19-15(21)14(16)13(8-17-19)18-20-11(3)6-5-7-12(20)4/h8,10-12,18H,5-7,9H2,1-4H3. The van der Waals surface area contributed by atoms with E-state index in [1.165, 1.54) is 11.1 Å². The second-order valence-corrected chi connectivity index (χ2v) is 6.78. The molecule has 0 bridgehead atoms. The average Bonchev–Trinajstić information content (AvgIpc) is 2.41. The Hall–Kier alpha value is -1.07. The summed E-state index contributed by atoms with van der Waals surface area (Å²) in [6.07, 6.45) is 5.18. The van der Waals surface area contributed by atoms with Gasteiger partial charge in [0.25, 0.3) is 5.56 Å². The summed E-state index contributed by atoms with van der Waals surface area (Å²) < 4.78 is 1.43. The molecule has 1 aromatic rings. The average molecular weight is 313 g/mol. The number of anilines is 1. The molecule has 1 aromatic heterocycles. The molecule has 0 radical (unpaired) electrons. The van der Waals surface area contributed by atoms with E-state index in [4.69, 9.17) is 11.6 Å². The molecule has 0 amide bonds. The van der Waals surface area contributed by atoms with Gasteiger partial charge in [-0.1, -0.05) is 31.9 Å². The molecule has 6 heteroatoms. The number of hydrogen-bond acceptors (Lipinski definition) is 4. The van der Waals surface area contributed by atoms with Crippen LogP contribution < -0.4 is 11.0 Å². The quantitative estimate of drug-likeness (QED) is 0.928. The van der Waals surface area contributed by atoms with Gasteiger partial charge in [-0.05, 0) is 32.6 Å². The Kier molecular flexibility index (Phi) is 5.27. The molecule has 2 unspecified atom stereocenters. The molecule has 1 N–H and O–H groups in total. The Bertz CT molecular complexity index is 533. The first-order chi connectivity index (χ1) is 9.90. The molecule has 21 heavy (non-hydrogen) atoms. The Morgan fingerprint density at radius 3 is 2.57 bits per heavy atom. The van der Waals surface area contributed by atoms with Crippen LogP contribution >= 0.6 is 11.6 Å². The molecule has 1 aliphatic heterocycles. The lowest BCUT2D eigenvalue weighted by molar-refractivity contribution is 0.135. The zero-order valence-electron chi connectivity index (χ0n) is 13.3. The predicted octanol–water partition coefficient (Wildman–Crippen LogP) is 3.14. The van der Waals surface area contributed by atoms with Crippen molar-refractivity contribution in [3.8, 4) is 0 Å². The maximum Gasteiger partial charge on any atom is 0.287 e. The third-order valence-corrected chi connectivity index (χ3v) is 4.33. The summed E-state index contributed by atoms with van der Waals surface area (Å²) in [7, 11) is 0. The molecule has 5 nitrogen and oxygen atoms in total. The van der Waals surface area contributed by atoms with E-state index in [1.54, 1.807) is 6.20 Å². The fraction of sp³-hybridized carbons (Fsp3) is 0.733. The van der Waals surface area contributed by atoms with Gasteiger partial charge in [-0.3, -0.25) is 4.79 Å². The van der Waals surface area contributed by atoms with Crippen molar-refractivity contribution >= 4 is 17.3 Å². The smallest absolute Gasteiger partial charge is 0.287 e. The molecule has 2 rings (SSSR count). The van der Waals surface area contributed by atoms with E-state index in [2.05, 4.69) is 29.4 Å². The van der Waals surface area contributed by atoms with E-state index < -0.39 is 0 Å². The van der Waals surface area contributed by atoms with Gasteiger partial charge in [0.2, 0.25) is 0 Å². The Morgan fingerprint density at radius 2 is 2.00 bits per heavy atom. The second kappa shape index (κ2) is 6.79. The monoisotopic (exact) mass is 312 g/mol. The maximum absolute atomic E-state index is 12.2. The van der Waals surface area contributed by atoms with Gasteiger partial charge < -0.3 is 5.43 Å². The lowest BCUT2D eigenvalue weighted by Gasteiger charge is -2.39. The lowest BCUT2D eigenvalue weighted by Crippen LogP contribution is -2.47. The molecule has 1 saturated heterocycles. The van der Waals surface area contributed by atoms with Crippen molar-refractivity contribution in [2.45, 2.75) is 65.6 Å². The minimum Gasteiger partial charge on any atom is -0.315 e. The van der Waals surface area contributed by atoms with E-state index in [1.807, 2.05) is 13.8 Å². The predicted molar refractivity (Wildman–Crippen MR) is 86.6 cm³/mol. The number of piperidine rings is 1. The zero-order chi connectivity index (χ0) is 15.6. The topological polar surface area (TPSA) is 50.2 Å². The van der Waals surface area contributed by atoms with Gasteiger partial charge in [-0.15, -0.1) is 0 Å². The molecule has 2 atom stereocenters. The van der Waals surface area contributed by atoms with Gasteiger partial charge >= 0.3 is 0 Å². The molecule has 0 aromatic carbocycles. The fourth-order valence-corrected chi connectivity index (χ4v) is 2.99. The molecule has 0 aliphatic carbocycles. The van der Waals surface area contributed by atoms with E-state index in [0.29, 0.717) is 30.2 Å². The van der Waals surface area contributed by atoms with Crippen molar-refractivity contribution in [3.63, 3.8) is 0 Å². The molecule has 1 fully saturated rings.